The topological polar surface area (TPSA) is 12.0 Å². The van der Waals surface area contributed by atoms with Gasteiger partial charge in [-0.05, 0) is 30.4 Å². The third-order valence-electron chi connectivity index (χ3n) is 3.65. The summed E-state index contributed by atoms with van der Waals surface area (Å²) in [5.41, 5.74) is 0.0942. The van der Waals surface area contributed by atoms with Crippen molar-refractivity contribution in [3.05, 3.63) is 35.4 Å². The van der Waals surface area contributed by atoms with E-state index < -0.39 is 11.6 Å². The van der Waals surface area contributed by atoms with Crippen LogP contribution in [0.4, 0.5) is 8.78 Å². The summed E-state index contributed by atoms with van der Waals surface area (Å²) < 4.78 is 26.8. The molecule has 0 aliphatic carbocycles. The Balaban J connectivity index is 2.61. The summed E-state index contributed by atoms with van der Waals surface area (Å²) >= 11 is 5.98. The zero-order chi connectivity index (χ0) is 13.6. The van der Waals surface area contributed by atoms with Gasteiger partial charge in [0.2, 0.25) is 0 Å². The molecule has 0 unspecified atom stereocenters. The molecule has 0 atom stereocenters. The summed E-state index contributed by atoms with van der Waals surface area (Å²) in [4.78, 5) is 0. The molecule has 1 nitrogen and oxygen atoms in total. The van der Waals surface area contributed by atoms with E-state index in [0.29, 0.717) is 12.4 Å². The normalized spacial score (nSPS) is 11.8. The quantitative estimate of drug-likeness (QED) is 0.739. The molecule has 0 saturated heterocycles. The lowest BCUT2D eigenvalue weighted by atomic mass is 9.84. The van der Waals surface area contributed by atoms with E-state index >= 15 is 0 Å². The van der Waals surface area contributed by atoms with Crippen LogP contribution in [0.3, 0.4) is 0 Å². The Morgan fingerprint density at radius 1 is 1.17 bits per heavy atom. The van der Waals surface area contributed by atoms with E-state index in [1.807, 2.05) is 0 Å². The highest BCUT2D eigenvalue weighted by atomic mass is 35.5. The molecule has 1 aromatic carbocycles. The Hall–Kier alpha value is -0.670. The largest absolute Gasteiger partial charge is 0.312 e. The highest BCUT2D eigenvalue weighted by Crippen LogP contribution is 2.27. The third kappa shape index (κ3) is 3.66. The molecule has 0 bridgehead atoms. The van der Waals surface area contributed by atoms with Crippen molar-refractivity contribution in [2.24, 2.45) is 5.41 Å². The standard InChI is InChI=1S/C14H20ClF2N/c1-3-14(4-2,9-15)10-18-8-11-12(16)6-5-7-13(11)17/h5-7,18H,3-4,8-10H2,1-2H3. The highest BCUT2D eigenvalue weighted by molar-refractivity contribution is 6.18. The van der Waals surface area contributed by atoms with E-state index in [-0.39, 0.29) is 17.5 Å². The van der Waals surface area contributed by atoms with Crippen molar-refractivity contribution in [1.82, 2.24) is 5.32 Å². The van der Waals surface area contributed by atoms with Gasteiger partial charge in [-0.25, -0.2) is 8.78 Å². The van der Waals surface area contributed by atoms with Crippen LogP contribution in [0.2, 0.25) is 0 Å². The lowest BCUT2D eigenvalue weighted by molar-refractivity contribution is 0.285. The predicted octanol–water partition coefficient (Wildman–Crippen LogP) is 4.10. The van der Waals surface area contributed by atoms with E-state index in [9.17, 15) is 8.78 Å². The van der Waals surface area contributed by atoms with Crippen molar-refractivity contribution in [3.8, 4) is 0 Å². The van der Waals surface area contributed by atoms with Gasteiger partial charge < -0.3 is 5.32 Å². The molecular weight excluding hydrogens is 256 g/mol. The van der Waals surface area contributed by atoms with Gasteiger partial charge in [-0.15, -0.1) is 11.6 Å². The van der Waals surface area contributed by atoms with Crippen LogP contribution in [0.25, 0.3) is 0 Å². The number of halogens is 3. The molecule has 0 saturated carbocycles. The molecule has 1 N–H and O–H groups in total. The fourth-order valence-electron chi connectivity index (χ4n) is 1.89. The van der Waals surface area contributed by atoms with Crippen LogP contribution in [-0.2, 0) is 6.54 Å². The molecule has 0 spiro atoms. The molecule has 0 amide bonds. The lowest BCUT2D eigenvalue weighted by Crippen LogP contribution is -2.35. The molecule has 4 heteroatoms. The van der Waals surface area contributed by atoms with Crippen LogP contribution < -0.4 is 5.32 Å². The smallest absolute Gasteiger partial charge is 0.130 e. The van der Waals surface area contributed by atoms with Gasteiger partial charge in [0.05, 0.1) is 0 Å². The second-order valence-electron chi connectivity index (χ2n) is 4.64. The van der Waals surface area contributed by atoms with Crippen LogP contribution in [0.15, 0.2) is 18.2 Å². The van der Waals surface area contributed by atoms with Crippen molar-refractivity contribution in [2.45, 2.75) is 33.2 Å². The van der Waals surface area contributed by atoms with Crippen molar-refractivity contribution < 1.29 is 8.78 Å². The maximum absolute atomic E-state index is 13.4. The first-order valence-corrected chi connectivity index (χ1v) is 6.81. The van der Waals surface area contributed by atoms with Crippen LogP contribution in [-0.4, -0.2) is 12.4 Å². The fraction of sp³-hybridized carbons (Fsp3) is 0.571. The summed E-state index contributed by atoms with van der Waals surface area (Å²) in [6, 6.07) is 3.92. The highest BCUT2D eigenvalue weighted by Gasteiger charge is 2.24. The summed E-state index contributed by atoms with van der Waals surface area (Å²) in [6.45, 7) is 5.02. The Morgan fingerprint density at radius 2 is 1.72 bits per heavy atom. The molecule has 18 heavy (non-hydrogen) atoms. The second kappa shape index (κ2) is 7.05. The first-order chi connectivity index (χ1) is 8.58. The summed E-state index contributed by atoms with van der Waals surface area (Å²) in [5.74, 6) is -0.467. The monoisotopic (exact) mass is 275 g/mol. The number of alkyl halides is 1. The Morgan fingerprint density at radius 3 is 2.17 bits per heavy atom. The Kier molecular flexibility index (Phi) is 6.03. The van der Waals surface area contributed by atoms with Crippen LogP contribution in [0.1, 0.15) is 32.3 Å². The number of hydrogen-bond acceptors (Lipinski definition) is 1. The fourth-order valence-corrected chi connectivity index (χ4v) is 2.36. The van der Waals surface area contributed by atoms with Crippen molar-refractivity contribution in [3.63, 3.8) is 0 Å². The van der Waals surface area contributed by atoms with Gasteiger partial charge in [-0.3, -0.25) is 0 Å². The van der Waals surface area contributed by atoms with E-state index in [1.54, 1.807) is 0 Å². The van der Waals surface area contributed by atoms with Gasteiger partial charge in [0, 0.05) is 24.5 Å². The minimum atomic E-state index is -0.507. The maximum atomic E-state index is 13.4. The number of hydrogen-bond donors (Lipinski definition) is 1. The minimum Gasteiger partial charge on any atom is -0.312 e. The summed E-state index contributed by atoms with van der Waals surface area (Å²) in [5, 5.41) is 3.11. The van der Waals surface area contributed by atoms with Gasteiger partial charge in [0.1, 0.15) is 11.6 Å². The molecule has 0 aromatic heterocycles. The zero-order valence-electron chi connectivity index (χ0n) is 10.9. The molecule has 0 aliphatic rings. The number of rotatable bonds is 7. The van der Waals surface area contributed by atoms with E-state index in [1.165, 1.54) is 18.2 Å². The average molecular weight is 276 g/mol. The van der Waals surface area contributed by atoms with Crippen molar-refractivity contribution >= 4 is 11.6 Å². The Bertz CT molecular complexity index is 350. The van der Waals surface area contributed by atoms with Gasteiger partial charge in [-0.2, -0.15) is 0 Å². The first kappa shape index (κ1) is 15.4. The third-order valence-corrected chi connectivity index (χ3v) is 4.21. The van der Waals surface area contributed by atoms with Gasteiger partial charge in [0.15, 0.2) is 0 Å². The predicted molar refractivity (Wildman–Crippen MR) is 71.8 cm³/mol. The average Bonchev–Trinajstić information content (AvgIpc) is 2.38. The number of benzene rings is 1. The summed E-state index contributed by atoms with van der Waals surface area (Å²) in [7, 11) is 0. The molecular formula is C14H20ClF2N. The molecule has 0 radical (unpaired) electrons. The number of nitrogens with one attached hydrogen (secondary N) is 1. The molecule has 1 aromatic rings. The van der Waals surface area contributed by atoms with Crippen LogP contribution in [0, 0.1) is 17.0 Å². The van der Waals surface area contributed by atoms with E-state index in [4.69, 9.17) is 11.6 Å². The molecule has 0 heterocycles. The van der Waals surface area contributed by atoms with E-state index in [2.05, 4.69) is 19.2 Å². The Labute approximate surface area is 113 Å². The molecule has 102 valence electrons. The van der Waals surface area contributed by atoms with Crippen molar-refractivity contribution in [1.29, 1.82) is 0 Å². The van der Waals surface area contributed by atoms with Gasteiger partial charge in [-0.1, -0.05) is 19.9 Å². The van der Waals surface area contributed by atoms with Crippen LogP contribution in [0.5, 0.6) is 0 Å². The second-order valence-corrected chi connectivity index (χ2v) is 4.91. The summed E-state index contributed by atoms with van der Waals surface area (Å²) in [6.07, 6.45) is 1.89. The lowest BCUT2D eigenvalue weighted by Gasteiger charge is -2.29. The maximum Gasteiger partial charge on any atom is 0.130 e. The van der Waals surface area contributed by atoms with Crippen LogP contribution >= 0.6 is 11.6 Å². The van der Waals surface area contributed by atoms with Gasteiger partial charge >= 0.3 is 0 Å². The molecule has 0 aliphatic heterocycles. The molecule has 0 fully saturated rings. The first-order valence-electron chi connectivity index (χ1n) is 6.28. The zero-order valence-corrected chi connectivity index (χ0v) is 11.7. The molecule has 1 rings (SSSR count). The van der Waals surface area contributed by atoms with E-state index in [0.717, 1.165) is 12.8 Å². The van der Waals surface area contributed by atoms with Crippen molar-refractivity contribution in [2.75, 3.05) is 12.4 Å². The van der Waals surface area contributed by atoms with Gasteiger partial charge in [0.25, 0.3) is 0 Å². The SMILES string of the molecule is CCC(CC)(CCl)CNCc1c(F)cccc1F. The minimum absolute atomic E-state index is 0.00326.